The summed E-state index contributed by atoms with van der Waals surface area (Å²) in [7, 11) is 1.58. The molecule has 3 aromatic heterocycles. The Bertz CT molecular complexity index is 1610. The largest absolute Gasteiger partial charge is 0.383 e. The average Bonchev–Trinajstić information content (AvgIpc) is 3.22. The van der Waals surface area contributed by atoms with Gasteiger partial charge in [-0.05, 0) is 48.4 Å². The van der Waals surface area contributed by atoms with E-state index in [1.165, 1.54) is 28.2 Å². The molecule has 10 nitrogen and oxygen atoms in total. The Morgan fingerprint density at radius 3 is 2.77 bits per heavy atom. The van der Waals surface area contributed by atoms with Gasteiger partial charge >= 0.3 is 0 Å². The van der Waals surface area contributed by atoms with Gasteiger partial charge in [-0.15, -0.1) is 0 Å². The number of pyridine rings is 1. The van der Waals surface area contributed by atoms with Crippen LogP contribution in [0, 0.1) is 5.41 Å². The summed E-state index contributed by atoms with van der Waals surface area (Å²) >= 11 is 7.97. The summed E-state index contributed by atoms with van der Waals surface area (Å²) in [6, 6.07) is 7.66. The number of nitrogens with zero attached hydrogens (tertiary/aromatic N) is 6. The normalized spacial score (nSPS) is 18.1. The molecule has 1 aliphatic heterocycles. The zero-order valence-corrected chi connectivity index (χ0v) is 23.1. The van der Waals surface area contributed by atoms with Gasteiger partial charge in [-0.3, -0.25) is 14.3 Å². The first-order chi connectivity index (χ1) is 18.9. The highest BCUT2D eigenvalue weighted by atomic mass is 35.5. The lowest BCUT2D eigenvalue weighted by Gasteiger charge is -2.42. The van der Waals surface area contributed by atoms with Crippen LogP contribution in [0.4, 0.5) is 11.6 Å². The zero-order valence-electron chi connectivity index (χ0n) is 21.5. The van der Waals surface area contributed by atoms with Gasteiger partial charge in [-0.2, -0.15) is 0 Å². The fourth-order valence-electron chi connectivity index (χ4n) is 5.65. The molecule has 0 unspecified atom stereocenters. The molecule has 202 valence electrons. The topological polar surface area (TPSA) is 138 Å². The molecule has 0 radical (unpaired) electrons. The molecule has 4 N–H and O–H groups in total. The second-order valence-corrected chi connectivity index (χ2v) is 11.5. The number of fused-ring (bicyclic) bond motifs is 2. The van der Waals surface area contributed by atoms with Gasteiger partial charge in [-0.25, -0.2) is 15.0 Å². The molecule has 39 heavy (non-hydrogen) atoms. The molecule has 1 saturated heterocycles. The molecule has 1 aliphatic carbocycles. The molecule has 0 amide bonds. The molecule has 0 bridgehead atoms. The van der Waals surface area contributed by atoms with E-state index >= 15 is 0 Å². The molecule has 4 heterocycles. The van der Waals surface area contributed by atoms with Crippen LogP contribution in [0.15, 0.2) is 57.7 Å². The third-order valence-corrected chi connectivity index (χ3v) is 9.49. The predicted octanol–water partition coefficient (Wildman–Crippen LogP) is 3.46. The maximum Gasteiger partial charge on any atom is 0.262 e. The van der Waals surface area contributed by atoms with E-state index in [2.05, 4.69) is 30.9 Å². The Morgan fingerprint density at radius 2 is 2.03 bits per heavy atom. The molecule has 1 fully saturated rings. The van der Waals surface area contributed by atoms with Crippen LogP contribution in [-0.2, 0) is 17.7 Å². The van der Waals surface area contributed by atoms with E-state index in [4.69, 9.17) is 27.8 Å². The number of hydrogen-bond donors (Lipinski definition) is 2. The highest BCUT2D eigenvalue weighted by molar-refractivity contribution is 7.99. The average molecular weight is 565 g/mol. The number of nitrogens with two attached hydrogens (primary N) is 2. The highest BCUT2D eigenvalue weighted by Gasteiger charge is 2.46. The van der Waals surface area contributed by atoms with Crippen LogP contribution in [-0.4, -0.2) is 51.3 Å². The number of benzene rings is 1. The van der Waals surface area contributed by atoms with Crippen molar-refractivity contribution in [2.75, 3.05) is 37.4 Å². The minimum absolute atomic E-state index is 0.00396. The molecule has 6 rings (SSSR count). The van der Waals surface area contributed by atoms with Crippen molar-refractivity contribution in [3.8, 4) is 0 Å². The van der Waals surface area contributed by atoms with Crippen LogP contribution in [0.25, 0.3) is 10.9 Å². The predicted molar refractivity (Wildman–Crippen MR) is 152 cm³/mol. The summed E-state index contributed by atoms with van der Waals surface area (Å²) in [5.74, 6) is 1.05. The number of ether oxygens (including phenoxy) is 1. The summed E-state index contributed by atoms with van der Waals surface area (Å²) in [6.45, 7) is 2.43. The number of rotatable bonds is 6. The van der Waals surface area contributed by atoms with Crippen molar-refractivity contribution in [2.24, 2.45) is 11.1 Å². The van der Waals surface area contributed by atoms with Crippen LogP contribution in [0.2, 0.25) is 5.02 Å². The van der Waals surface area contributed by atoms with Gasteiger partial charge in [0.15, 0.2) is 5.82 Å². The first-order valence-electron chi connectivity index (χ1n) is 12.8. The second kappa shape index (κ2) is 10.4. The van der Waals surface area contributed by atoms with Crippen molar-refractivity contribution < 1.29 is 4.74 Å². The van der Waals surface area contributed by atoms with Gasteiger partial charge < -0.3 is 21.1 Å². The first-order valence-corrected chi connectivity index (χ1v) is 14.0. The van der Waals surface area contributed by atoms with E-state index in [9.17, 15) is 4.79 Å². The summed E-state index contributed by atoms with van der Waals surface area (Å²) < 4.78 is 6.58. The summed E-state index contributed by atoms with van der Waals surface area (Å²) in [6.07, 6.45) is 7.92. The fraction of sp³-hybridized carbons (Fsp3) is 0.370. The van der Waals surface area contributed by atoms with E-state index in [0.717, 1.165) is 43.9 Å². The molecular weight excluding hydrogens is 536 g/mol. The summed E-state index contributed by atoms with van der Waals surface area (Å²) in [5.41, 5.74) is 15.7. The molecule has 2 aliphatic rings. The minimum atomic E-state index is -0.220. The molecule has 0 saturated carbocycles. The number of nitrogen functional groups attached to an aromatic ring is 1. The van der Waals surface area contributed by atoms with Crippen LogP contribution in [0.3, 0.4) is 0 Å². The van der Waals surface area contributed by atoms with Crippen molar-refractivity contribution in [3.63, 3.8) is 0 Å². The van der Waals surface area contributed by atoms with E-state index in [1.807, 2.05) is 18.3 Å². The number of halogens is 1. The number of piperidine rings is 1. The maximum absolute atomic E-state index is 13.0. The van der Waals surface area contributed by atoms with Crippen molar-refractivity contribution >= 4 is 45.9 Å². The SMILES string of the molecule is COCCn1cnc2ccc(Sc3ncc(N4CCC5(CC4)Cc4ncccc4[C@H]5N)nc3N)c(Cl)c2c1=O. The smallest absolute Gasteiger partial charge is 0.262 e. The molecule has 4 aromatic rings. The standard InChI is InChI=1S/C27H29ClN8O2S/c1-38-12-11-36-15-33-17-4-5-19(22(28)21(17)26(36)37)39-25-24(30)34-20(14-32-25)35-9-6-27(7-10-35)13-18-16(23(27)29)3-2-8-31-18/h2-5,8,14-15,23H,6-7,9-13,29H2,1H3,(H2,30,34)/t23-/m1/s1. The van der Waals surface area contributed by atoms with Gasteiger partial charge in [0.1, 0.15) is 10.8 Å². The van der Waals surface area contributed by atoms with Gasteiger partial charge in [-0.1, -0.05) is 29.4 Å². The fourth-order valence-corrected chi connectivity index (χ4v) is 6.80. The molecule has 1 atom stereocenters. The lowest BCUT2D eigenvalue weighted by atomic mass is 9.73. The van der Waals surface area contributed by atoms with Crippen molar-refractivity contribution in [2.45, 2.75) is 41.8 Å². The van der Waals surface area contributed by atoms with Gasteiger partial charge in [0.25, 0.3) is 5.56 Å². The van der Waals surface area contributed by atoms with E-state index in [-0.39, 0.29) is 17.0 Å². The first kappa shape index (κ1) is 26.0. The van der Waals surface area contributed by atoms with Crippen LogP contribution in [0.1, 0.15) is 30.1 Å². The second-order valence-electron chi connectivity index (χ2n) is 10.1. The van der Waals surface area contributed by atoms with E-state index < -0.39 is 0 Å². The quantitative estimate of drug-likeness (QED) is 0.358. The van der Waals surface area contributed by atoms with E-state index in [0.29, 0.717) is 44.8 Å². The van der Waals surface area contributed by atoms with E-state index in [1.54, 1.807) is 19.4 Å². The summed E-state index contributed by atoms with van der Waals surface area (Å²) in [4.78, 5) is 34.1. The monoisotopic (exact) mass is 564 g/mol. The highest BCUT2D eigenvalue weighted by Crippen LogP contribution is 2.50. The molecule has 1 aromatic carbocycles. The number of aromatic nitrogens is 5. The molecule has 12 heteroatoms. The minimum Gasteiger partial charge on any atom is -0.383 e. The zero-order chi connectivity index (χ0) is 27.1. The van der Waals surface area contributed by atoms with Gasteiger partial charge in [0.05, 0.1) is 41.6 Å². The number of methoxy groups -OCH3 is 1. The molecular formula is C27H29ClN8O2S. The van der Waals surface area contributed by atoms with Crippen LogP contribution in [0.5, 0.6) is 0 Å². The van der Waals surface area contributed by atoms with Crippen molar-refractivity contribution in [1.29, 1.82) is 0 Å². The lowest BCUT2D eigenvalue weighted by molar-refractivity contribution is 0.186. The Kier molecular flexibility index (Phi) is 6.92. The van der Waals surface area contributed by atoms with Crippen molar-refractivity contribution in [3.05, 3.63) is 69.6 Å². The third-order valence-electron chi connectivity index (χ3n) is 7.91. The van der Waals surface area contributed by atoms with Gasteiger partial charge in [0.2, 0.25) is 0 Å². The maximum atomic E-state index is 13.0. The Morgan fingerprint density at radius 1 is 1.21 bits per heavy atom. The number of anilines is 2. The Balaban J connectivity index is 1.19. The van der Waals surface area contributed by atoms with Crippen LogP contribution >= 0.6 is 23.4 Å². The Labute approximate surface area is 234 Å². The van der Waals surface area contributed by atoms with Crippen LogP contribution < -0.4 is 21.9 Å². The lowest BCUT2D eigenvalue weighted by Crippen LogP contribution is -2.44. The van der Waals surface area contributed by atoms with Gasteiger partial charge in [0, 0.05) is 43.0 Å². The summed E-state index contributed by atoms with van der Waals surface area (Å²) in [5, 5.41) is 1.20. The molecule has 1 spiro atoms. The third kappa shape index (κ3) is 4.63. The number of hydrogen-bond acceptors (Lipinski definition) is 10. The van der Waals surface area contributed by atoms with Crippen molar-refractivity contribution in [1.82, 2.24) is 24.5 Å². The Hall–Kier alpha value is -3.25.